The van der Waals surface area contributed by atoms with Crippen LogP contribution in [0.25, 0.3) is 11.1 Å². The molecule has 0 radical (unpaired) electrons. The van der Waals surface area contributed by atoms with Gasteiger partial charge in [0.25, 0.3) is 5.91 Å². The molecule has 0 unspecified atom stereocenters. The number of amides is 2. The van der Waals surface area contributed by atoms with E-state index in [1.807, 2.05) is 43.4 Å². The van der Waals surface area contributed by atoms with E-state index in [2.05, 4.69) is 72.1 Å². The van der Waals surface area contributed by atoms with Crippen molar-refractivity contribution in [2.75, 3.05) is 0 Å². The first-order chi connectivity index (χ1) is 18.2. The zero-order chi connectivity index (χ0) is 25.6. The number of rotatable bonds is 3. The average Bonchev–Trinajstić information content (AvgIpc) is 3.13. The van der Waals surface area contributed by atoms with Crippen LogP contribution < -0.4 is 5.32 Å². The minimum Gasteiger partial charge on any atom is -0.324 e. The van der Waals surface area contributed by atoms with E-state index in [0.29, 0.717) is 30.7 Å². The first kappa shape index (κ1) is 24.5. The zero-order valence-electron chi connectivity index (χ0n) is 21.2. The first-order valence-electron chi connectivity index (χ1n) is 13.0. The smallest absolute Gasteiger partial charge is 0.253 e. The van der Waals surface area contributed by atoms with Crippen LogP contribution in [0.15, 0.2) is 114 Å². The lowest BCUT2D eigenvalue weighted by Crippen LogP contribution is -2.46. The normalized spacial score (nSPS) is 19.3. The summed E-state index contributed by atoms with van der Waals surface area (Å²) in [5, 5.41) is 2.99. The van der Waals surface area contributed by atoms with Crippen LogP contribution in [0.3, 0.4) is 0 Å². The van der Waals surface area contributed by atoms with E-state index in [-0.39, 0.29) is 11.8 Å². The number of hydrogen-bond acceptors (Lipinski definition) is 2. The molecule has 2 amide bonds. The number of nitrogens with zero attached hydrogens (tertiary/aromatic N) is 1. The standard InChI is InChI=1S/C26H24N2O2.C7H8/c1-2-24-25(29)27-23-14-5-3-4-12-21(23)26(30)28(24)16-18-10-8-13-20-19-11-7-6-9-17(19)15-22(18)20;1-2-4-6-7-5-3-1/h3-11,13-14,24H,2,12,15-16H2,1H3,(H,27,29);1-6H,7H2/t24-;/m0./s1. The van der Waals surface area contributed by atoms with Gasteiger partial charge < -0.3 is 10.2 Å². The summed E-state index contributed by atoms with van der Waals surface area (Å²) in [5.41, 5.74) is 7.49. The van der Waals surface area contributed by atoms with Crippen molar-refractivity contribution in [3.05, 3.63) is 131 Å². The SMILES string of the molecule is C1=CC=CCC=C1.CC[C@H]1C(=O)NC2=C(CC=CC=C2)C(=O)N1Cc1cccc2c1Cc1ccccc1-2. The summed E-state index contributed by atoms with van der Waals surface area (Å²) >= 11 is 0. The number of allylic oxidation sites excluding steroid dienone is 10. The van der Waals surface area contributed by atoms with Gasteiger partial charge in [-0.3, -0.25) is 9.59 Å². The van der Waals surface area contributed by atoms with Gasteiger partial charge in [0.2, 0.25) is 5.91 Å². The van der Waals surface area contributed by atoms with Crippen LogP contribution in [0.1, 0.15) is 42.9 Å². The second-order valence-electron chi connectivity index (χ2n) is 9.48. The van der Waals surface area contributed by atoms with Crippen LogP contribution in [-0.2, 0) is 22.6 Å². The van der Waals surface area contributed by atoms with Crippen molar-refractivity contribution in [3.8, 4) is 11.1 Å². The fourth-order valence-corrected chi connectivity index (χ4v) is 5.28. The number of nitrogens with one attached hydrogen (secondary N) is 1. The Morgan fingerprint density at radius 3 is 2.43 bits per heavy atom. The highest BCUT2D eigenvalue weighted by Gasteiger charge is 2.35. The van der Waals surface area contributed by atoms with E-state index in [4.69, 9.17) is 0 Å². The third-order valence-electron chi connectivity index (χ3n) is 7.17. The summed E-state index contributed by atoms with van der Waals surface area (Å²) in [6.45, 7) is 2.40. The van der Waals surface area contributed by atoms with E-state index in [1.165, 1.54) is 22.3 Å². The quantitative estimate of drug-likeness (QED) is 0.469. The van der Waals surface area contributed by atoms with E-state index in [0.717, 1.165) is 18.4 Å². The number of benzene rings is 2. The molecule has 4 aliphatic rings. The van der Waals surface area contributed by atoms with Crippen molar-refractivity contribution >= 4 is 11.8 Å². The topological polar surface area (TPSA) is 49.4 Å². The largest absolute Gasteiger partial charge is 0.324 e. The van der Waals surface area contributed by atoms with E-state index in [9.17, 15) is 9.59 Å². The molecule has 6 rings (SSSR count). The van der Waals surface area contributed by atoms with Gasteiger partial charge in [-0.1, -0.05) is 104 Å². The van der Waals surface area contributed by atoms with Crippen LogP contribution in [0.4, 0.5) is 0 Å². The molecule has 1 aliphatic heterocycles. The van der Waals surface area contributed by atoms with Crippen molar-refractivity contribution in [3.63, 3.8) is 0 Å². The highest BCUT2D eigenvalue weighted by Crippen LogP contribution is 2.39. The molecule has 2 aromatic rings. The van der Waals surface area contributed by atoms with Crippen LogP contribution in [0.5, 0.6) is 0 Å². The first-order valence-corrected chi connectivity index (χ1v) is 13.0. The summed E-state index contributed by atoms with van der Waals surface area (Å²) < 4.78 is 0. The molecule has 1 atom stereocenters. The lowest BCUT2D eigenvalue weighted by molar-refractivity contribution is -0.137. The average molecular weight is 489 g/mol. The van der Waals surface area contributed by atoms with Gasteiger partial charge >= 0.3 is 0 Å². The molecule has 0 spiro atoms. The summed E-state index contributed by atoms with van der Waals surface area (Å²) in [6, 6.07) is 14.3. The van der Waals surface area contributed by atoms with Crippen molar-refractivity contribution in [2.45, 2.75) is 45.2 Å². The Kier molecular flexibility index (Phi) is 7.46. The fraction of sp³-hybridized carbons (Fsp3) is 0.212. The van der Waals surface area contributed by atoms with E-state index < -0.39 is 6.04 Å². The summed E-state index contributed by atoms with van der Waals surface area (Å²) in [5.74, 6) is -0.169. The number of carbonyl (C=O) groups is 2. The predicted molar refractivity (Wildman–Crippen MR) is 149 cm³/mol. The molecule has 2 aromatic carbocycles. The van der Waals surface area contributed by atoms with Crippen LogP contribution in [-0.4, -0.2) is 22.8 Å². The van der Waals surface area contributed by atoms with Crippen molar-refractivity contribution in [1.29, 1.82) is 0 Å². The van der Waals surface area contributed by atoms with Crippen LogP contribution >= 0.6 is 0 Å². The Labute approximate surface area is 219 Å². The third kappa shape index (κ3) is 5.19. The van der Waals surface area contributed by atoms with Gasteiger partial charge in [-0.05, 0) is 59.6 Å². The van der Waals surface area contributed by atoms with Gasteiger partial charge in [0.05, 0.1) is 0 Å². The Balaban J connectivity index is 0.000000348. The molecule has 4 heteroatoms. The lowest BCUT2D eigenvalue weighted by atomic mass is 9.99. The molecule has 0 fully saturated rings. The molecule has 37 heavy (non-hydrogen) atoms. The monoisotopic (exact) mass is 488 g/mol. The molecule has 1 N–H and O–H groups in total. The lowest BCUT2D eigenvalue weighted by Gasteiger charge is -2.29. The number of carbonyl (C=O) groups excluding carboxylic acids is 2. The molecule has 0 aromatic heterocycles. The van der Waals surface area contributed by atoms with Crippen LogP contribution in [0.2, 0.25) is 0 Å². The molecule has 0 bridgehead atoms. The molecule has 1 heterocycles. The summed E-state index contributed by atoms with van der Waals surface area (Å²) in [7, 11) is 0. The zero-order valence-corrected chi connectivity index (χ0v) is 21.2. The Morgan fingerprint density at radius 2 is 1.62 bits per heavy atom. The van der Waals surface area contributed by atoms with Crippen molar-refractivity contribution < 1.29 is 9.59 Å². The third-order valence-corrected chi connectivity index (χ3v) is 7.17. The minimum atomic E-state index is -0.485. The van der Waals surface area contributed by atoms with E-state index in [1.54, 1.807) is 4.90 Å². The van der Waals surface area contributed by atoms with Gasteiger partial charge in [0.15, 0.2) is 0 Å². The van der Waals surface area contributed by atoms with Gasteiger partial charge in [-0.15, -0.1) is 0 Å². The number of fused-ring (bicyclic) bond motifs is 3. The Hall–Kier alpha value is -4.18. The maximum Gasteiger partial charge on any atom is 0.253 e. The van der Waals surface area contributed by atoms with Gasteiger partial charge in [-0.2, -0.15) is 0 Å². The molecule has 186 valence electrons. The second-order valence-corrected chi connectivity index (χ2v) is 9.48. The van der Waals surface area contributed by atoms with E-state index >= 15 is 0 Å². The maximum absolute atomic E-state index is 13.6. The fourth-order valence-electron chi connectivity index (χ4n) is 5.28. The summed E-state index contributed by atoms with van der Waals surface area (Å²) in [4.78, 5) is 28.3. The molecular weight excluding hydrogens is 456 g/mol. The molecular formula is C33H32N2O2. The molecule has 3 aliphatic carbocycles. The maximum atomic E-state index is 13.6. The Morgan fingerprint density at radius 1 is 0.865 bits per heavy atom. The van der Waals surface area contributed by atoms with Crippen LogP contribution in [0, 0.1) is 0 Å². The minimum absolute atomic E-state index is 0.0560. The molecule has 0 saturated heterocycles. The predicted octanol–water partition coefficient (Wildman–Crippen LogP) is 6.32. The molecule has 0 saturated carbocycles. The van der Waals surface area contributed by atoms with Gasteiger partial charge in [0.1, 0.15) is 6.04 Å². The summed E-state index contributed by atoms with van der Waals surface area (Å²) in [6.07, 6.45) is 23.0. The number of hydrogen-bond donors (Lipinski definition) is 1. The van der Waals surface area contributed by atoms with Gasteiger partial charge in [0, 0.05) is 17.8 Å². The molecule has 4 nitrogen and oxygen atoms in total. The second kappa shape index (κ2) is 11.3. The highest BCUT2D eigenvalue weighted by atomic mass is 16.2. The highest BCUT2D eigenvalue weighted by molar-refractivity contribution is 6.01. The van der Waals surface area contributed by atoms with Crippen molar-refractivity contribution in [1.82, 2.24) is 10.2 Å². The van der Waals surface area contributed by atoms with Gasteiger partial charge in [-0.25, -0.2) is 0 Å². The van der Waals surface area contributed by atoms with Crippen molar-refractivity contribution in [2.24, 2.45) is 0 Å². The Bertz CT molecular complexity index is 1370.